The lowest BCUT2D eigenvalue weighted by Crippen LogP contribution is -2.32. The molecule has 1 fully saturated rings. The molecule has 2 rings (SSSR count). The first kappa shape index (κ1) is 12.0. The summed E-state index contributed by atoms with van der Waals surface area (Å²) in [5.74, 6) is 2.44. The molecule has 0 unspecified atom stereocenters. The Hall–Kier alpha value is -1.50. The minimum Gasteiger partial charge on any atom is -0.378 e. The third kappa shape index (κ3) is 3.48. The number of rotatable bonds is 1. The van der Waals surface area contributed by atoms with Crippen molar-refractivity contribution in [3.8, 4) is 12.0 Å². The Balaban J connectivity index is 2.01. The molecule has 1 aromatic rings. The van der Waals surface area contributed by atoms with Crippen molar-refractivity contribution < 1.29 is 9.53 Å². The molecule has 1 heterocycles. The summed E-state index contributed by atoms with van der Waals surface area (Å²) in [6.45, 7) is 2.84. The smallest absolute Gasteiger partial charge is 0.237 e. The standard InChI is InChI=1S/C13H12ClNO2/c14-12-3-1-11(2-4-12)13(16)5-6-15-7-9-17-10-8-15/h1-4H,7-10H2. The van der Waals surface area contributed by atoms with Gasteiger partial charge in [0.25, 0.3) is 0 Å². The van der Waals surface area contributed by atoms with Crippen LogP contribution in [0.15, 0.2) is 24.3 Å². The first-order chi connectivity index (χ1) is 8.25. The predicted molar refractivity (Wildman–Crippen MR) is 66.0 cm³/mol. The van der Waals surface area contributed by atoms with Gasteiger partial charge in [0.05, 0.1) is 13.2 Å². The van der Waals surface area contributed by atoms with E-state index in [2.05, 4.69) is 12.0 Å². The van der Waals surface area contributed by atoms with Gasteiger partial charge in [0, 0.05) is 29.7 Å². The molecule has 4 heteroatoms. The number of carbonyl (C=O) groups is 1. The summed E-state index contributed by atoms with van der Waals surface area (Å²) in [6, 6.07) is 9.59. The molecule has 1 saturated heterocycles. The van der Waals surface area contributed by atoms with Crippen molar-refractivity contribution in [1.82, 2.24) is 4.90 Å². The van der Waals surface area contributed by atoms with E-state index in [-0.39, 0.29) is 5.78 Å². The van der Waals surface area contributed by atoms with Gasteiger partial charge in [0.2, 0.25) is 5.78 Å². The average molecular weight is 250 g/mol. The van der Waals surface area contributed by atoms with Crippen LogP contribution in [0, 0.1) is 12.0 Å². The van der Waals surface area contributed by atoms with Gasteiger partial charge in [0.1, 0.15) is 0 Å². The van der Waals surface area contributed by atoms with Crippen LogP contribution in [-0.2, 0) is 4.74 Å². The van der Waals surface area contributed by atoms with E-state index in [1.165, 1.54) is 0 Å². The molecule has 0 bridgehead atoms. The van der Waals surface area contributed by atoms with Gasteiger partial charge in [-0.1, -0.05) is 11.6 Å². The van der Waals surface area contributed by atoms with Crippen molar-refractivity contribution in [1.29, 1.82) is 0 Å². The Morgan fingerprint density at radius 2 is 1.88 bits per heavy atom. The average Bonchev–Trinajstić information content (AvgIpc) is 2.38. The number of nitrogens with zero attached hydrogens (tertiary/aromatic N) is 1. The van der Waals surface area contributed by atoms with Crippen LogP contribution < -0.4 is 0 Å². The van der Waals surface area contributed by atoms with Gasteiger partial charge in [-0.25, -0.2) is 0 Å². The summed E-state index contributed by atoms with van der Waals surface area (Å²) in [6.07, 6.45) is 0. The zero-order valence-electron chi connectivity index (χ0n) is 9.28. The summed E-state index contributed by atoms with van der Waals surface area (Å²) in [5, 5.41) is 0.614. The van der Waals surface area contributed by atoms with Crippen LogP contribution in [0.1, 0.15) is 10.4 Å². The van der Waals surface area contributed by atoms with Gasteiger partial charge in [-0.05, 0) is 30.2 Å². The molecule has 0 aromatic heterocycles. The van der Waals surface area contributed by atoms with E-state index in [9.17, 15) is 4.79 Å². The first-order valence-electron chi connectivity index (χ1n) is 5.40. The molecule has 0 amide bonds. The van der Waals surface area contributed by atoms with Crippen molar-refractivity contribution in [3.05, 3.63) is 34.9 Å². The van der Waals surface area contributed by atoms with Crippen molar-refractivity contribution in [2.75, 3.05) is 26.3 Å². The first-order valence-corrected chi connectivity index (χ1v) is 5.78. The number of carbonyl (C=O) groups excluding carboxylic acids is 1. The molecule has 0 aliphatic carbocycles. The van der Waals surface area contributed by atoms with Crippen molar-refractivity contribution >= 4 is 17.4 Å². The Morgan fingerprint density at radius 1 is 1.24 bits per heavy atom. The second-order valence-corrected chi connectivity index (χ2v) is 4.11. The van der Waals surface area contributed by atoms with E-state index in [1.807, 2.05) is 4.90 Å². The van der Waals surface area contributed by atoms with Crippen molar-refractivity contribution in [2.45, 2.75) is 0 Å². The second kappa shape index (κ2) is 5.72. The van der Waals surface area contributed by atoms with Gasteiger partial charge >= 0.3 is 0 Å². The highest BCUT2D eigenvalue weighted by Gasteiger charge is 2.06. The lowest BCUT2D eigenvalue weighted by molar-refractivity contribution is 0.0637. The predicted octanol–water partition coefficient (Wildman–Crippen LogP) is 1.82. The van der Waals surface area contributed by atoms with E-state index in [4.69, 9.17) is 16.3 Å². The van der Waals surface area contributed by atoms with Gasteiger partial charge < -0.3 is 9.64 Å². The number of ether oxygens (including phenoxy) is 1. The number of halogens is 1. The molecule has 1 aliphatic rings. The molecule has 0 saturated carbocycles. The fourth-order valence-corrected chi connectivity index (χ4v) is 1.60. The van der Waals surface area contributed by atoms with Crippen molar-refractivity contribution in [3.63, 3.8) is 0 Å². The largest absolute Gasteiger partial charge is 0.378 e. The number of morpholine rings is 1. The fourth-order valence-electron chi connectivity index (χ4n) is 1.48. The second-order valence-electron chi connectivity index (χ2n) is 3.67. The summed E-state index contributed by atoms with van der Waals surface area (Å²) >= 11 is 5.75. The van der Waals surface area contributed by atoms with E-state index >= 15 is 0 Å². The van der Waals surface area contributed by atoms with Crippen LogP contribution in [0.4, 0.5) is 0 Å². The molecular formula is C13H12ClNO2. The van der Waals surface area contributed by atoms with E-state index in [0.29, 0.717) is 23.8 Å². The Bertz CT molecular complexity index is 453. The lowest BCUT2D eigenvalue weighted by atomic mass is 10.1. The number of Topliss-reactive ketones (excluding diaryl/α,β-unsaturated/α-hetero) is 1. The SMILES string of the molecule is O=C(C#CN1CCOCC1)c1ccc(Cl)cc1. The maximum atomic E-state index is 11.7. The highest BCUT2D eigenvalue weighted by Crippen LogP contribution is 2.09. The minimum absolute atomic E-state index is 0.187. The molecule has 1 aliphatic heterocycles. The molecule has 0 atom stereocenters. The summed E-state index contributed by atoms with van der Waals surface area (Å²) < 4.78 is 5.20. The van der Waals surface area contributed by atoms with Crippen LogP contribution in [0.25, 0.3) is 0 Å². The zero-order valence-corrected chi connectivity index (χ0v) is 10.0. The van der Waals surface area contributed by atoms with Gasteiger partial charge in [-0.15, -0.1) is 0 Å². The van der Waals surface area contributed by atoms with Crippen LogP contribution in [0.3, 0.4) is 0 Å². The third-order valence-electron chi connectivity index (χ3n) is 2.45. The number of benzene rings is 1. The van der Waals surface area contributed by atoms with E-state index in [1.54, 1.807) is 24.3 Å². The van der Waals surface area contributed by atoms with Crippen LogP contribution in [0.5, 0.6) is 0 Å². The Labute approximate surface area is 105 Å². The van der Waals surface area contributed by atoms with Gasteiger partial charge in [-0.2, -0.15) is 0 Å². The number of hydrogen-bond acceptors (Lipinski definition) is 3. The quantitative estimate of drug-likeness (QED) is 0.562. The van der Waals surface area contributed by atoms with E-state index < -0.39 is 0 Å². The van der Waals surface area contributed by atoms with Crippen LogP contribution >= 0.6 is 11.6 Å². The van der Waals surface area contributed by atoms with Crippen molar-refractivity contribution in [2.24, 2.45) is 0 Å². The van der Waals surface area contributed by atoms with Crippen LogP contribution in [-0.4, -0.2) is 37.0 Å². The highest BCUT2D eigenvalue weighted by atomic mass is 35.5. The highest BCUT2D eigenvalue weighted by molar-refractivity contribution is 6.30. The number of ketones is 1. The van der Waals surface area contributed by atoms with E-state index in [0.717, 1.165) is 13.1 Å². The monoisotopic (exact) mass is 249 g/mol. The summed E-state index contributed by atoms with van der Waals surface area (Å²) in [5.41, 5.74) is 0.565. The molecule has 3 nitrogen and oxygen atoms in total. The maximum absolute atomic E-state index is 11.7. The molecule has 88 valence electrons. The molecule has 0 radical (unpaired) electrons. The maximum Gasteiger partial charge on any atom is 0.237 e. The van der Waals surface area contributed by atoms with Gasteiger partial charge in [0.15, 0.2) is 0 Å². The molecule has 17 heavy (non-hydrogen) atoms. The van der Waals surface area contributed by atoms with Gasteiger partial charge in [-0.3, -0.25) is 4.79 Å². The molecular weight excluding hydrogens is 238 g/mol. The minimum atomic E-state index is -0.187. The third-order valence-corrected chi connectivity index (χ3v) is 2.70. The normalized spacial score (nSPS) is 15.0. The summed E-state index contributed by atoms with van der Waals surface area (Å²) in [7, 11) is 0. The summed E-state index contributed by atoms with van der Waals surface area (Å²) in [4.78, 5) is 13.6. The van der Waals surface area contributed by atoms with Crippen LogP contribution in [0.2, 0.25) is 5.02 Å². The number of hydrogen-bond donors (Lipinski definition) is 0. The Morgan fingerprint density at radius 3 is 2.53 bits per heavy atom. The lowest BCUT2D eigenvalue weighted by Gasteiger charge is -2.22. The molecule has 0 N–H and O–H groups in total. The molecule has 1 aromatic carbocycles. The zero-order chi connectivity index (χ0) is 12.1. The topological polar surface area (TPSA) is 29.5 Å². The molecule has 0 spiro atoms. The Kier molecular flexibility index (Phi) is 4.03. The fraction of sp³-hybridized carbons (Fsp3) is 0.308.